The molecule has 2 aliphatic carbocycles. The van der Waals surface area contributed by atoms with Crippen LogP contribution in [0.4, 0.5) is 0 Å². The van der Waals surface area contributed by atoms with Crippen LogP contribution in [0.5, 0.6) is 0 Å². The topological polar surface area (TPSA) is 46.5 Å². The van der Waals surface area contributed by atoms with Crippen LogP contribution >= 0.6 is 0 Å². The van der Waals surface area contributed by atoms with Crippen molar-refractivity contribution in [1.82, 2.24) is 0 Å². The van der Waals surface area contributed by atoms with Gasteiger partial charge in [-0.05, 0) is 87.9 Å². The molecule has 30 heavy (non-hydrogen) atoms. The van der Waals surface area contributed by atoms with Gasteiger partial charge in [0.2, 0.25) is 0 Å². The number of carbonyl (C=O) groups is 1. The van der Waals surface area contributed by atoms with Gasteiger partial charge in [-0.1, -0.05) is 56.2 Å². The molecule has 3 heteroatoms. The van der Waals surface area contributed by atoms with Crippen molar-refractivity contribution < 1.29 is 14.6 Å². The Morgan fingerprint density at radius 2 is 1.67 bits per heavy atom. The maximum absolute atomic E-state index is 11.1. The summed E-state index contributed by atoms with van der Waals surface area (Å²) >= 11 is 0. The monoisotopic (exact) mass is 416 g/mol. The Labute approximate surface area is 184 Å². The standard InChI is InChI=1S/C27H44O3/c1-3-4-5-6-9-12-15-24(22-18-19-22)27(23-20-21-23)25(28)16-13-10-7-8-11-14-17-26(29)30-2/h7-9,12-13,16,22-25,27-28H,3-6,10-11,14-15,17-21H2,1-2H3. The van der Waals surface area contributed by atoms with E-state index in [4.69, 9.17) is 0 Å². The Bertz CT molecular complexity index is 554. The van der Waals surface area contributed by atoms with Crippen LogP contribution in [0.1, 0.15) is 90.4 Å². The SMILES string of the molecule is CCCCCC=CCC(C1CC1)C(C(O)C=CCC=CCCCC(=O)OC)C1CC1. The van der Waals surface area contributed by atoms with E-state index in [0.717, 1.165) is 37.5 Å². The fraction of sp³-hybridized carbons (Fsp3) is 0.741. The quantitative estimate of drug-likeness (QED) is 0.162. The zero-order chi connectivity index (χ0) is 21.6. The fourth-order valence-electron chi connectivity index (χ4n) is 4.54. The summed E-state index contributed by atoms with van der Waals surface area (Å²) in [7, 11) is 1.43. The summed E-state index contributed by atoms with van der Waals surface area (Å²) in [4.78, 5) is 11.1. The van der Waals surface area contributed by atoms with E-state index in [1.165, 1.54) is 58.5 Å². The molecule has 0 bridgehead atoms. The number of unbranched alkanes of at least 4 members (excludes halogenated alkanes) is 4. The van der Waals surface area contributed by atoms with Crippen LogP contribution in [0.25, 0.3) is 0 Å². The van der Waals surface area contributed by atoms with Gasteiger partial charge in [-0.25, -0.2) is 0 Å². The van der Waals surface area contributed by atoms with E-state index >= 15 is 0 Å². The minimum Gasteiger partial charge on any atom is -0.469 e. The number of rotatable bonds is 17. The molecule has 0 radical (unpaired) electrons. The first-order chi connectivity index (χ1) is 14.7. The van der Waals surface area contributed by atoms with Crippen LogP contribution in [-0.4, -0.2) is 24.3 Å². The van der Waals surface area contributed by atoms with Crippen molar-refractivity contribution in [3.8, 4) is 0 Å². The van der Waals surface area contributed by atoms with Gasteiger partial charge >= 0.3 is 5.97 Å². The smallest absolute Gasteiger partial charge is 0.305 e. The van der Waals surface area contributed by atoms with Gasteiger partial charge in [0.05, 0.1) is 13.2 Å². The zero-order valence-corrected chi connectivity index (χ0v) is 19.3. The number of aliphatic hydroxyl groups excluding tert-OH is 1. The zero-order valence-electron chi connectivity index (χ0n) is 19.3. The number of carbonyl (C=O) groups excluding carboxylic acids is 1. The number of hydrogen-bond donors (Lipinski definition) is 1. The minimum atomic E-state index is -0.315. The molecule has 0 amide bonds. The van der Waals surface area contributed by atoms with Crippen molar-refractivity contribution in [2.45, 2.75) is 96.5 Å². The van der Waals surface area contributed by atoms with E-state index in [1.54, 1.807) is 0 Å². The van der Waals surface area contributed by atoms with E-state index in [1.807, 2.05) is 6.08 Å². The minimum absolute atomic E-state index is 0.140. The Kier molecular flexibility index (Phi) is 12.1. The molecular weight excluding hydrogens is 372 g/mol. The predicted molar refractivity (Wildman–Crippen MR) is 125 cm³/mol. The lowest BCUT2D eigenvalue weighted by molar-refractivity contribution is -0.140. The molecule has 0 saturated heterocycles. The Morgan fingerprint density at radius 1 is 0.967 bits per heavy atom. The molecule has 170 valence electrons. The van der Waals surface area contributed by atoms with Crippen LogP contribution in [-0.2, 0) is 9.53 Å². The van der Waals surface area contributed by atoms with Crippen molar-refractivity contribution in [2.75, 3.05) is 7.11 Å². The predicted octanol–water partition coefficient (Wildman–Crippen LogP) is 6.77. The van der Waals surface area contributed by atoms with Gasteiger partial charge in [-0.2, -0.15) is 0 Å². The van der Waals surface area contributed by atoms with E-state index < -0.39 is 0 Å². The van der Waals surface area contributed by atoms with E-state index in [0.29, 0.717) is 18.3 Å². The van der Waals surface area contributed by atoms with Gasteiger partial charge in [-0.3, -0.25) is 4.79 Å². The highest BCUT2D eigenvalue weighted by atomic mass is 16.5. The average Bonchev–Trinajstić information content (AvgIpc) is 3.64. The molecular formula is C27H44O3. The molecule has 3 atom stereocenters. The van der Waals surface area contributed by atoms with Crippen LogP contribution in [0, 0.1) is 23.7 Å². The highest BCUT2D eigenvalue weighted by Gasteiger charge is 2.45. The normalized spacial score (nSPS) is 20.2. The molecule has 0 spiro atoms. The van der Waals surface area contributed by atoms with Gasteiger partial charge in [-0.15, -0.1) is 0 Å². The van der Waals surface area contributed by atoms with Crippen molar-refractivity contribution in [3.63, 3.8) is 0 Å². The molecule has 2 saturated carbocycles. The molecule has 3 nitrogen and oxygen atoms in total. The summed E-state index contributed by atoms with van der Waals surface area (Å²) in [5.41, 5.74) is 0. The molecule has 1 N–H and O–H groups in total. The van der Waals surface area contributed by atoms with Crippen LogP contribution in [0.15, 0.2) is 36.5 Å². The van der Waals surface area contributed by atoms with E-state index in [-0.39, 0.29) is 12.1 Å². The number of hydrogen-bond acceptors (Lipinski definition) is 3. The molecule has 0 aromatic carbocycles. The molecule has 0 aliphatic heterocycles. The van der Waals surface area contributed by atoms with E-state index in [9.17, 15) is 9.90 Å². The lowest BCUT2D eigenvalue weighted by Gasteiger charge is -2.29. The largest absolute Gasteiger partial charge is 0.469 e. The Balaban J connectivity index is 1.76. The first kappa shape index (κ1) is 24.9. The highest BCUT2D eigenvalue weighted by molar-refractivity contribution is 5.69. The molecule has 0 aromatic heterocycles. The number of allylic oxidation sites excluding steroid dienone is 5. The summed E-state index contributed by atoms with van der Waals surface area (Å²) in [6.45, 7) is 2.25. The molecule has 2 fully saturated rings. The fourth-order valence-corrected chi connectivity index (χ4v) is 4.54. The average molecular weight is 417 g/mol. The second-order valence-electron chi connectivity index (χ2n) is 9.21. The Hall–Kier alpha value is -1.35. The molecule has 3 unspecified atom stereocenters. The first-order valence-corrected chi connectivity index (χ1v) is 12.4. The summed E-state index contributed by atoms with van der Waals surface area (Å²) in [6, 6.07) is 0. The van der Waals surface area contributed by atoms with Crippen molar-refractivity contribution in [1.29, 1.82) is 0 Å². The lowest BCUT2D eigenvalue weighted by atomic mass is 9.78. The van der Waals surface area contributed by atoms with Crippen LogP contribution < -0.4 is 0 Å². The molecule has 0 aromatic rings. The highest BCUT2D eigenvalue weighted by Crippen LogP contribution is 2.51. The van der Waals surface area contributed by atoms with Gasteiger partial charge in [0.25, 0.3) is 0 Å². The third kappa shape index (κ3) is 10.1. The lowest BCUT2D eigenvalue weighted by Crippen LogP contribution is -2.29. The summed E-state index contributed by atoms with van der Waals surface area (Å²) in [5, 5.41) is 11.0. The summed E-state index contributed by atoms with van der Waals surface area (Å²) < 4.78 is 4.65. The third-order valence-electron chi connectivity index (χ3n) is 6.58. The van der Waals surface area contributed by atoms with E-state index in [2.05, 4.69) is 42.0 Å². The number of methoxy groups -OCH3 is 1. The maximum atomic E-state index is 11.1. The molecule has 0 heterocycles. The first-order valence-electron chi connectivity index (χ1n) is 12.4. The summed E-state index contributed by atoms with van der Waals surface area (Å²) in [5.74, 6) is 2.48. The molecule has 2 rings (SSSR count). The van der Waals surface area contributed by atoms with Crippen molar-refractivity contribution >= 4 is 5.97 Å². The number of aliphatic hydroxyl groups is 1. The van der Waals surface area contributed by atoms with Gasteiger partial charge in [0.15, 0.2) is 0 Å². The number of esters is 1. The second-order valence-corrected chi connectivity index (χ2v) is 9.21. The number of ether oxygens (including phenoxy) is 1. The van der Waals surface area contributed by atoms with Gasteiger partial charge in [0.1, 0.15) is 0 Å². The third-order valence-corrected chi connectivity index (χ3v) is 6.58. The summed E-state index contributed by atoms with van der Waals surface area (Å²) in [6.07, 6.45) is 27.4. The van der Waals surface area contributed by atoms with Crippen molar-refractivity contribution in [3.05, 3.63) is 36.5 Å². The maximum Gasteiger partial charge on any atom is 0.305 e. The van der Waals surface area contributed by atoms with Gasteiger partial charge in [0, 0.05) is 6.42 Å². The second kappa shape index (κ2) is 14.6. The van der Waals surface area contributed by atoms with Gasteiger partial charge < -0.3 is 9.84 Å². The molecule has 2 aliphatic rings. The van der Waals surface area contributed by atoms with Crippen LogP contribution in [0.2, 0.25) is 0 Å². The van der Waals surface area contributed by atoms with Crippen molar-refractivity contribution in [2.24, 2.45) is 23.7 Å². The van der Waals surface area contributed by atoms with Crippen LogP contribution in [0.3, 0.4) is 0 Å². The Morgan fingerprint density at radius 3 is 2.33 bits per heavy atom.